The molecule has 0 amide bonds. The lowest BCUT2D eigenvalue weighted by Gasteiger charge is -2.32. The summed E-state index contributed by atoms with van der Waals surface area (Å²) < 4.78 is 16.5. The molecule has 14 heavy (non-hydrogen) atoms. The molecule has 0 aromatic carbocycles. The van der Waals surface area contributed by atoms with E-state index in [0.29, 0.717) is 12.5 Å². The summed E-state index contributed by atoms with van der Waals surface area (Å²) in [6, 6.07) is 0. The van der Waals surface area contributed by atoms with Gasteiger partial charge in [0.2, 0.25) is 0 Å². The second-order valence-electron chi connectivity index (χ2n) is 3.91. The van der Waals surface area contributed by atoms with Crippen molar-refractivity contribution in [3.8, 4) is 0 Å². The SMILES string of the molecule is COC[C@@H]1CCOC([C@H]2C=CCC2)O1. The Morgan fingerprint density at radius 1 is 1.43 bits per heavy atom. The average molecular weight is 198 g/mol. The molecule has 0 aromatic rings. The van der Waals surface area contributed by atoms with Gasteiger partial charge in [-0.15, -0.1) is 0 Å². The second-order valence-corrected chi connectivity index (χ2v) is 3.91. The third-order valence-corrected chi connectivity index (χ3v) is 2.80. The lowest BCUT2D eigenvalue weighted by molar-refractivity contribution is -0.236. The summed E-state index contributed by atoms with van der Waals surface area (Å²) in [5.74, 6) is 0.453. The van der Waals surface area contributed by atoms with Crippen LogP contribution in [0.4, 0.5) is 0 Å². The molecule has 0 aromatic heterocycles. The number of hydrogen-bond donors (Lipinski definition) is 0. The van der Waals surface area contributed by atoms with Crippen molar-refractivity contribution >= 4 is 0 Å². The Morgan fingerprint density at radius 3 is 3.07 bits per heavy atom. The Hall–Kier alpha value is -0.380. The van der Waals surface area contributed by atoms with Crippen LogP contribution in [0, 0.1) is 5.92 Å². The minimum atomic E-state index is -0.0392. The van der Waals surface area contributed by atoms with Gasteiger partial charge in [-0.05, 0) is 19.3 Å². The zero-order valence-corrected chi connectivity index (χ0v) is 8.65. The van der Waals surface area contributed by atoms with Crippen molar-refractivity contribution in [2.75, 3.05) is 20.3 Å². The van der Waals surface area contributed by atoms with Crippen LogP contribution < -0.4 is 0 Å². The largest absolute Gasteiger partial charge is 0.382 e. The Balaban J connectivity index is 1.83. The van der Waals surface area contributed by atoms with E-state index in [1.165, 1.54) is 0 Å². The number of hydrogen-bond acceptors (Lipinski definition) is 3. The molecule has 0 radical (unpaired) electrons. The molecule has 3 atom stereocenters. The second kappa shape index (κ2) is 4.91. The Labute approximate surface area is 85.0 Å². The highest BCUT2D eigenvalue weighted by atomic mass is 16.7. The predicted molar refractivity (Wildman–Crippen MR) is 53.0 cm³/mol. The van der Waals surface area contributed by atoms with E-state index in [1.807, 2.05) is 0 Å². The van der Waals surface area contributed by atoms with Gasteiger partial charge in [-0.2, -0.15) is 0 Å². The Morgan fingerprint density at radius 2 is 2.36 bits per heavy atom. The summed E-state index contributed by atoms with van der Waals surface area (Å²) in [5, 5.41) is 0. The first-order valence-electron chi connectivity index (χ1n) is 5.33. The molecule has 3 heteroatoms. The first-order valence-corrected chi connectivity index (χ1v) is 5.33. The smallest absolute Gasteiger partial charge is 0.164 e. The number of ether oxygens (including phenoxy) is 3. The molecular weight excluding hydrogens is 180 g/mol. The van der Waals surface area contributed by atoms with Crippen LogP contribution in [-0.2, 0) is 14.2 Å². The molecule has 3 nitrogen and oxygen atoms in total. The summed E-state index contributed by atoms with van der Waals surface area (Å²) in [5.41, 5.74) is 0. The third kappa shape index (κ3) is 2.35. The van der Waals surface area contributed by atoms with Crippen LogP contribution in [0.5, 0.6) is 0 Å². The number of allylic oxidation sites excluding steroid dienone is 1. The fourth-order valence-corrected chi connectivity index (χ4v) is 2.03. The fraction of sp³-hybridized carbons (Fsp3) is 0.818. The molecular formula is C11H18O3. The van der Waals surface area contributed by atoms with E-state index < -0.39 is 0 Å². The van der Waals surface area contributed by atoms with E-state index in [0.717, 1.165) is 25.9 Å². The highest BCUT2D eigenvalue weighted by Gasteiger charge is 2.29. The highest BCUT2D eigenvalue weighted by Crippen LogP contribution is 2.27. The van der Waals surface area contributed by atoms with Gasteiger partial charge in [-0.1, -0.05) is 12.2 Å². The topological polar surface area (TPSA) is 27.7 Å². The normalized spacial score (nSPS) is 37.6. The van der Waals surface area contributed by atoms with Gasteiger partial charge < -0.3 is 14.2 Å². The lowest BCUT2D eigenvalue weighted by atomic mass is 10.1. The van der Waals surface area contributed by atoms with Crippen LogP contribution in [0.2, 0.25) is 0 Å². The van der Waals surface area contributed by atoms with Crippen molar-refractivity contribution in [1.82, 2.24) is 0 Å². The fourth-order valence-electron chi connectivity index (χ4n) is 2.03. The first-order chi connectivity index (χ1) is 6.90. The summed E-state index contributed by atoms with van der Waals surface area (Å²) >= 11 is 0. The van der Waals surface area contributed by atoms with Crippen molar-refractivity contribution in [2.45, 2.75) is 31.7 Å². The van der Waals surface area contributed by atoms with E-state index in [9.17, 15) is 0 Å². The molecule has 1 aliphatic heterocycles. The van der Waals surface area contributed by atoms with Crippen molar-refractivity contribution in [2.24, 2.45) is 5.92 Å². The summed E-state index contributed by atoms with van der Waals surface area (Å²) in [7, 11) is 1.71. The van der Waals surface area contributed by atoms with E-state index in [-0.39, 0.29) is 12.4 Å². The van der Waals surface area contributed by atoms with Gasteiger partial charge in [0, 0.05) is 13.0 Å². The van der Waals surface area contributed by atoms with Crippen LogP contribution >= 0.6 is 0 Å². The van der Waals surface area contributed by atoms with Crippen molar-refractivity contribution in [3.05, 3.63) is 12.2 Å². The minimum Gasteiger partial charge on any atom is -0.382 e. The van der Waals surface area contributed by atoms with Gasteiger partial charge in [0.15, 0.2) is 6.29 Å². The van der Waals surface area contributed by atoms with E-state index in [4.69, 9.17) is 14.2 Å². The van der Waals surface area contributed by atoms with Crippen molar-refractivity contribution < 1.29 is 14.2 Å². The molecule has 1 fully saturated rings. The van der Waals surface area contributed by atoms with Crippen LogP contribution in [0.15, 0.2) is 12.2 Å². The molecule has 1 unspecified atom stereocenters. The van der Waals surface area contributed by atoms with Gasteiger partial charge in [0.25, 0.3) is 0 Å². The zero-order valence-electron chi connectivity index (χ0n) is 8.65. The van der Waals surface area contributed by atoms with Crippen LogP contribution in [0.1, 0.15) is 19.3 Å². The Bertz CT molecular complexity index is 201. The molecule has 0 spiro atoms. The van der Waals surface area contributed by atoms with E-state index >= 15 is 0 Å². The summed E-state index contributed by atoms with van der Waals surface area (Å²) in [6.07, 6.45) is 7.85. The molecule has 0 bridgehead atoms. The maximum absolute atomic E-state index is 5.81. The molecule has 1 aliphatic carbocycles. The predicted octanol–water partition coefficient (Wildman–Crippen LogP) is 1.73. The molecule has 1 heterocycles. The summed E-state index contributed by atoms with van der Waals surface area (Å²) in [4.78, 5) is 0. The maximum atomic E-state index is 5.81. The van der Waals surface area contributed by atoms with E-state index in [1.54, 1.807) is 7.11 Å². The zero-order chi connectivity index (χ0) is 9.80. The van der Waals surface area contributed by atoms with Gasteiger partial charge in [-0.25, -0.2) is 0 Å². The van der Waals surface area contributed by atoms with Gasteiger partial charge in [0.05, 0.1) is 19.3 Å². The van der Waals surface area contributed by atoms with Crippen LogP contribution in [0.3, 0.4) is 0 Å². The highest BCUT2D eigenvalue weighted by molar-refractivity contribution is 4.98. The standard InChI is InChI=1S/C11H18O3/c1-12-8-10-6-7-13-11(14-10)9-4-2-3-5-9/h2,4,9-11H,3,5-8H2,1H3/t9-,10-,11?/m0/s1. The molecule has 2 aliphatic rings. The number of methoxy groups -OCH3 is 1. The summed E-state index contributed by atoms with van der Waals surface area (Å²) in [6.45, 7) is 1.47. The quantitative estimate of drug-likeness (QED) is 0.646. The molecule has 1 saturated heterocycles. The maximum Gasteiger partial charge on any atom is 0.164 e. The molecule has 0 N–H and O–H groups in total. The minimum absolute atomic E-state index is 0.0392. The first kappa shape index (κ1) is 10.1. The van der Waals surface area contributed by atoms with Crippen molar-refractivity contribution in [3.63, 3.8) is 0 Å². The monoisotopic (exact) mass is 198 g/mol. The third-order valence-electron chi connectivity index (χ3n) is 2.80. The Kier molecular flexibility index (Phi) is 3.56. The molecule has 2 rings (SSSR count). The number of rotatable bonds is 3. The lowest BCUT2D eigenvalue weighted by Crippen LogP contribution is -2.38. The molecule has 80 valence electrons. The van der Waals surface area contributed by atoms with Crippen molar-refractivity contribution in [1.29, 1.82) is 0 Å². The molecule has 0 saturated carbocycles. The average Bonchev–Trinajstić information content (AvgIpc) is 2.71. The van der Waals surface area contributed by atoms with E-state index in [2.05, 4.69) is 12.2 Å². The van der Waals surface area contributed by atoms with Crippen LogP contribution in [-0.4, -0.2) is 32.7 Å². The van der Waals surface area contributed by atoms with Gasteiger partial charge in [-0.3, -0.25) is 0 Å². The van der Waals surface area contributed by atoms with Crippen LogP contribution in [0.25, 0.3) is 0 Å². The van der Waals surface area contributed by atoms with Gasteiger partial charge >= 0.3 is 0 Å². The van der Waals surface area contributed by atoms with Gasteiger partial charge in [0.1, 0.15) is 0 Å².